The van der Waals surface area contributed by atoms with Gasteiger partial charge < -0.3 is 5.11 Å². The minimum Gasteiger partial charge on any atom is -0.394 e. The van der Waals surface area contributed by atoms with Crippen molar-refractivity contribution in [2.45, 2.75) is 23.3 Å². The van der Waals surface area contributed by atoms with Crippen LogP contribution in [0.3, 0.4) is 0 Å². The van der Waals surface area contributed by atoms with E-state index in [9.17, 15) is 17.2 Å². The number of hydrogen-bond donors (Lipinski definition) is 2. The number of halogens is 2. The molecular formula is C10H11F2NO3S. The van der Waals surface area contributed by atoms with Crippen molar-refractivity contribution in [1.82, 2.24) is 4.72 Å². The highest BCUT2D eigenvalue weighted by molar-refractivity contribution is 7.89. The first-order chi connectivity index (χ1) is 7.90. The van der Waals surface area contributed by atoms with Crippen LogP contribution in [0.2, 0.25) is 0 Å². The Bertz CT molecular complexity index is 520. The molecule has 2 rings (SSSR count). The number of benzene rings is 1. The fourth-order valence-corrected chi connectivity index (χ4v) is 3.11. The maximum absolute atomic E-state index is 13.3. The molecule has 4 nitrogen and oxygen atoms in total. The molecule has 94 valence electrons. The topological polar surface area (TPSA) is 66.4 Å². The van der Waals surface area contributed by atoms with Gasteiger partial charge in [0.15, 0.2) is 4.90 Å². The van der Waals surface area contributed by atoms with Gasteiger partial charge in [-0.3, -0.25) is 0 Å². The minimum absolute atomic E-state index is 0.387. The molecule has 0 aliphatic heterocycles. The van der Waals surface area contributed by atoms with Crippen molar-refractivity contribution in [3.05, 3.63) is 29.8 Å². The zero-order valence-corrected chi connectivity index (χ0v) is 9.60. The van der Waals surface area contributed by atoms with Gasteiger partial charge in [-0.05, 0) is 25.0 Å². The molecule has 1 aliphatic rings. The average molecular weight is 263 g/mol. The van der Waals surface area contributed by atoms with Crippen molar-refractivity contribution in [2.75, 3.05) is 6.61 Å². The summed E-state index contributed by atoms with van der Waals surface area (Å²) >= 11 is 0. The van der Waals surface area contributed by atoms with E-state index in [1.165, 1.54) is 0 Å². The quantitative estimate of drug-likeness (QED) is 0.843. The van der Waals surface area contributed by atoms with Crippen LogP contribution < -0.4 is 4.72 Å². The van der Waals surface area contributed by atoms with Gasteiger partial charge >= 0.3 is 0 Å². The van der Waals surface area contributed by atoms with Gasteiger partial charge in [-0.1, -0.05) is 6.07 Å². The summed E-state index contributed by atoms with van der Waals surface area (Å²) in [5.74, 6) is -2.29. The van der Waals surface area contributed by atoms with Crippen LogP contribution in [0.4, 0.5) is 8.78 Å². The molecule has 1 fully saturated rings. The van der Waals surface area contributed by atoms with E-state index in [0.29, 0.717) is 12.8 Å². The van der Waals surface area contributed by atoms with E-state index in [2.05, 4.69) is 4.72 Å². The second-order valence-corrected chi connectivity index (χ2v) is 5.71. The summed E-state index contributed by atoms with van der Waals surface area (Å²) in [6.07, 6.45) is 0.914. The number of aliphatic hydroxyl groups excluding tert-OH is 1. The van der Waals surface area contributed by atoms with Gasteiger partial charge in [0.05, 0.1) is 12.1 Å². The third kappa shape index (κ3) is 2.31. The Labute approximate surface area is 97.3 Å². The van der Waals surface area contributed by atoms with E-state index in [4.69, 9.17) is 5.11 Å². The Kier molecular flexibility index (Phi) is 2.92. The standard InChI is InChI=1S/C10H11F2NO3S/c11-7-2-1-3-8(12)9(7)17(15,16)13-10(6-14)4-5-10/h1-3,13-14H,4-6H2. The van der Waals surface area contributed by atoms with Crippen molar-refractivity contribution >= 4 is 10.0 Å². The highest BCUT2D eigenvalue weighted by Gasteiger charge is 2.46. The molecule has 7 heteroatoms. The molecule has 0 saturated heterocycles. The number of aliphatic hydroxyl groups is 1. The molecule has 0 unspecified atom stereocenters. The fourth-order valence-electron chi connectivity index (χ4n) is 1.52. The van der Waals surface area contributed by atoms with Crippen molar-refractivity contribution in [3.8, 4) is 0 Å². The molecule has 0 amide bonds. The van der Waals surface area contributed by atoms with Gasteiger partial charge in [0.2, 0.25) is 10.0 Å². The van der Waals surface area contributed by atoms with Gasteiger partial charge in [-0.25, -0.2) is 21.9 Å². The predicted octanol–water partition coefficient (Wildman–Crippen LogP) is 0.768. The van der Waals surface area contributed by atoms with E-state index in [0.717, 1.165) is 18.2 Å². The maximum atomic E-state index is 13.3. The lowest BCUT2D eigenvalue weighted by atomic mass is 10.3. The van der Waals surface area contributed by atoms with Gasteiger partial charge in [-0.2, -0.15) is 0 Å². The van der Waals surface area contributed by atoms with E-state index >= 15 is 0 Å². The zero-order valence-electron chi connectivity index (χ0n) is 8.78. The Morgan fingerprint density at radius 1 is 1.29 bits per heavy atom. The molecule has 0 atom stereocenters. The largest absolute Gasteiger partial charge is 0.394 e. The van der Waals surface area contributed by atoms with Gasteiger partial charge in [0.25, 0.3) is 0 Å². The Morgan fingerprint density at radius 2 is 1.82 bits per heavy atom. The number of hydrogen-bond acceptors (Lipinski definition) is 3. The number of rotatable bonds is 4. The van der Waals surface area contributed by atoms with E-state index in [1.807, 2.05) is 0 Å². The van der Waals surface area contributed by atoms with Crippen LogP contribution >= 0.6 is 0 Å². The lowest BCUT2D eigenvalue weighted by Gasteiger charge is -2.15. The summed E-state index contributed by atoms with van der Waals surface area (Å²) in [5.41, 5.74) is -0.951. The second kappa shape index (κ2) is 4.01. The van der Waals surface area contributed by atoms with Crippen LogP contribution in [0.1, 0.15) is 12.8 Å². The molecule has 1 aromatic rings. The first kappa shape index (κ1) is 12.4. The van der Waals surface area contributed by atoms with E-state index in [1.54, 1.807) is 0 Å². The minimum atomic E-state index is -4.29. The summed E-state index contributed by atoms with van der Waals surface area (Å²) in [4.78, 5) is -1.00. The number of sulfonamides is 1. The molecule has 0 spiro atoms. The molecule has 0 radical (unpaired) electrons. The Morgan fingerprint density at radius 3 is 2.24 bits per heavy atom. The highest BCUT2D eigenvalue weighted by Crippen LogP contribution is 2.36. The van der Waals surface area contributed by atoms with Gasteiger partial charge in [0.1, 0.15) is 11.6 Å². The van der Waals surface area contributed by atoms with Crippen molar-refractivity contribution in [3.63, 3.8) is 0 Å². The molecule has 2 N–H and O–H groups in total. The van der Waals surface area contributed by atoms with Crippen LogP contribution in [-0.4, -0.2) is 25.7 Å². The van der Waals surface area contributed by atoms with Crippen molar-refractivity contribution in [1.29, 1.82) is 0 Å². The number of nitrogens with one attached hydrogen (secondary N) is 1. The molecule has 0 bridgehead atoms. The Balaban J connectivity index is 2.39. The van der Waals surface area contributed by atoms with E-state index in [-0.39, 0.29) is 6.61 Å². The Hall–Kier alpha value is -1.05. The van der Waals surface area contributed by atoms with Crippen LogP contribution in [0, 0.1) is 11.6 Å². The third-order valence-corrected chi connectivity index (χ3v) is 4.32. The lowest BCUT2D eigenvalue weighted by molar-refractivity contribution is 0.246. The maximum Gasteiger partial charge on any atom is 0.247 e. The first-order valence-corrected chi connectivity index (χ1v) is 6.47. The van der Waals surface area contributed by atoms with Crippen LogP contribution in [-0.2, 0) is 10.0 Å². The normalized spacial score (nSPS) is 18.1. The summed E-state index contributed by atoms with van der Waals surface area (Å²) in [5, 5.41) is 8.99. The zero-order chi connectivity index (χ0) is 12.7. The molecule has 17 heavy (non-hydrogen) atoms. The van der Waals surface area contributed by atoms with Gasteiger partial charge in [-0.15, -0.1) is 0 Å². The lowest BCUT2D eigenvalue weighted by Crippen LogP contribution is -2.40. The summed E-state index contributed by atoms with van der Waals surface area (Å²) < 4.78 is 52.4. The highest BCUT2D eigenvalue weighted by atomic mass is 32.2. The summed E-state index contributed by atoms with van der Waals surface area (Å²) in [6.45, 7) is -0.387. The van der Waals surface area contributed by atoms with Crippen LogP contribution in [0.15, 0.2) is 23.1 Å². The average Bonchev–Trinajstić information content (AvgIpc) is 2.97. The fraction of sp³-hybridized carbons (Fsp3) is 0.400. The van der Waals surface area contributed by atoms with Crippen LogP contribution in [0.5, 0.6) is 0 Å². The van der Waals surface area contributed by atoms with Crippen molar-refractivity contribution < 1.29 is 22.3 Å². The summed E-state index contributed by atoms with van der Waals surface area (Å²) in [6, 6.07) is 2.83. The monoisotopic (exact) mass is 263 g/mol. The molecule has 0 aromatic heterocycles. The SMILES string of the molecule is O=S(=O)(NC1(CO)CC1)c1c(F)cccc1F. The molecule has 1 aromatic carbocycles. The molecular weight excluding hydrogens is 252 g/mol. The summed E-state index contributed by atoms with van der Waals surface area (Å²) in [7, 11) is -4.29. The smallest absolute Gasteiger partial charge is 0.247 e. The molecule has 1 aliphatic carbocycles. The van der Waals surface area contributed by atoms with Crippen LogP contribution in [0.25, 0.3) is 0 Å². The third-order valence-electron chi connectivity index (χ3n) is 2.69. The van der Waals surface area contributed by atoms with Gasteiger partial charge in [0, 0.05) is 0 Å². The first-order valence-electron chi connectivity index (χ1n) is 4.99. The predicted molar refractivity (Wildman–Crippen MR) is 55.7 cm³/mol. The molecule has 1 saturated carbocycles. The molecule has 0 heterocycles. The second-order valence-electron chi connectivity index (χ2n) is 4.09. The van der Waals surface area contributed by atoms with E-state index < -0.39 is 32.1 Å². The van der Waals surface area contributed by atoms with Crippen molar-refractivity contribution in [2.24, 2.45) is 0 Å².